The molecule has 0 spiro atoms. The fourth-order valence-electron chi connectivity index (χ4n) is 1.22. The molecule has 0 fully saturated rings. The van der Waals surface area contributed by atoms with Crippen molar-refractivity contribution in [2.45, 2.75) is 11.3 Å². The minimum Gasteiger partial charge on any atom is -0.353 e. The Bertz CT molecular complexity index is 572. The van der Waals surface area contributed by atoms with Crippen LogP contribution < -0.4 is 16.0 Å². The summed E-state index contributed by atoms with van der Waals surface area (Å²) in [6.45, 7) is 0. The van der Waals surface area contributed by atoms with Crippen LogP contribution in [0.15, 0.2) is 24.4 Å². The summed E-state index contributed by atoms with van der Waals surface area (Å²) in [5.41, 5.74) is 0. The molecule has 6 nitrogen and oxygen atoms in total. The molecule has 0 radical (unpaired) electrons. The lowest BCUT2D eigenvalue weighted by Crippen LogP contribution is -2.53. The third-order valence-electron chi connectivity index (χ3n) is 2.01. The van der Waals surface area contributed by atoms with Gasteiger partial charge in [0.05, 0.1) is 0 Å². The first kappa shape index (κ1) is 14.6. The number of anilines is 1. The van der Waals surface area contributed by atoms with Crippen molar-refractivity contribution in [1.82, 2.24) is 20.8 Å². The van der Waals surface area contributed by atoms with Gasteiger partial charge in [0.15, 0.2) is 0 Å². The van der Waals surface area contributed by atoms with Crippen molar-refractivity contribution in [2.75, 3.05) is 5.32 Å². The van der Waals surface area contributed by atoms with E-state index in [1.165, 1.54) is 12.3 Å². The molecule has 0 bridgehead atoms. The molecule has 2 rings (SSSR count). The normalized spacial score (nSPS) is 21.4. The van der Waals surface area contributed by atoms with E-state index in [2.05, 4.69) is 26.1 Å². The number of nitrogens with zero attached hydrogens (tertiary/aromatic N) is 2. The van der Waals surface area contributed by atoms with Crippen molar-refractivity contribution in [1.29, 1.82) is 0 Å². The van der Waals surface area contributed by atoms with Crippen molar-refractivity contribution in [3.63, 3.8) is 0 Å². The molecule has 1 atom stereocenters. The molecule has 1 aromatic rings. The molecule has 2 heterocycles. The summed E-state index contributed by atoms with van der Waals surface area (Å²) in [7, 11) is 0. The van der Waals surface area contributed by atoms with Crippen molar-refractivity contribution < 1.29 is 18.0 Å². The Balaban J connectivity index is 1.97. The van der Waals surface area contributed by atoms with Crippen LogP contribution in [-0.4, -0.2) is 21.4 Å². The zero-order chi connectivity index (χ0) is 14.8. The van der Waals surface area contributed by atoms with Crippen LogP contribution in [0.3, 0.4) is 0 Å². The number of carbonyl (C=O) groups is 1. The first-order valence-electron chi connectivity index (χ1n) is 5.09. The Morgan fingerprint density at radius 1 is 1.40 bits per heavy atom. The number of allylic oxidation sites excluding steroid dienone is 2. The predicted octanol–water partition coefficient (Wildman–Crippen LogP) is 2.24. The minimum atomic E-state index is -4.60. The molecule has 2 amide bonds. The summed E-state index contributed by atoms with van der Waals surface area (Å²) in [5.74, 6) is 0. The summed E-state index contributed by atoms with van der Waals surface area (Å²) in [6, 6.07) is -0.822. The highest BCUT2D eigenvalue weighted by Crippen LogP contribution is 2.32. The second-order valence-electron chi connectivity index (χ2n) is 3.56. The largest absolute Gasteiger partial charge is 0.445 e. The van der Waals surface area contributed by atoms with Crippen LogP contribution in [0.4, 0.5) is 23.1 Å². The third-order valence-corrected chi connectivity index (χ3v) is 3.22. The SMILES string of the molecule is O=C(Nc1nnc(C(F)(F)F)s1)NC1(Cl)C=CC=CN1. The van der Waals surface area contributed by atoms with Gasteiger partial charge >= 0.3 is 12.2 Å². The summed E-state index contributed by atoms with van der Waals surface area (Å²) in [6.07, 6.45) is 1.60. The average molecular weight is 326 g/mol. The van der Waals surface area contributed by atoms with E-state index >= 15 is 0 Å². The van der Waals surface area contributed by atoms with E-state index in [4.69, 9.17) is 11.6 Å². The maximum absolute atomic E-state index is 12.3. The lowest BCUT2D eigenvalue weighted by molar-refractivity contribution is -0.138. The number of dihydropyridines is 1. The smallest absolute Gasteiger partial charge is 0.353 e. The first-order chi connectivity index (χ1) is 9.28. The van der Waals surface area contributed by atoms with Gasteiger partial charge in [-0.1, -0.05) is 29.0 Å². The van der Waals surface area contributed by atoms with Gasteiger partial charge in [-0.3, -0.25) is 10.6 Å². The van der Waals surface area contributed by atoms with E-state index in [1.807, 2.05) is 0 Å². The lowest BCUT2D eigenvalue weighted by atomic mass is 10.3. The van der Waals surface area contributed by atoms with E-state index < -0.39 is 22.3 Å². The fraction of sp³-hybridized carbons (Fsp3) is 0.222. The number of carbonyl (C=O) groups excluding carboxylic acids is 1. The number of hydrogen-bond acceptors (Lipinski definition) is 5. The van der Waals surface area contributed by atoms with Gasteiger partial charge < -0.3 is 5.32 Å². The topological polar surface area (TPSA) is 78.9 Å². The highest BCUT2D eigenvalue weighted by Gasteiger charge is 2.36. The number of hydrogen-bond donors (Lipinski definition) is 3. The third kappa shape index (κ3) is 3.61. The zero-order valence-corrected chi connectivity index (χ0v) is 11.1. The molecule has 1 aliphatic heterocycles. The second kappa shape index (κ2) is 5.29. The number of aromatic nitrogens is 2. The van der Waals surface area contributed by atoms with Crippen molar-refractivity contribution >= 4 is 34.1 Å². The summed E-state index contributed by atoms with van der Waals surface area (Å²) in [4.78, 5) is 11.6. The number of alkyl halides is 4. The van der Waals surface area contributed by atoms with Gasteiger partial charge in [0.25, 0.3) is 0 Å². The maximum atomic E-state index is 12.3. The van der Waals surface area contributed by atoms with E-state index in [0.717, 1.165) is 0 Å². The molecular weight excluding hydrogens is 319 g/mol. The Morgan fingerprint density at radius 3 is 2.70 bits per heavy atom. The number of urea groups is 1. The van der Waals surface area contributed by atoms with Gasteiger partial charge in [0.2, 0.25) is 15.3 Å². The molecule has 1 unspecified atom stereocenters. The average Bonchev–Trinajstić information content (AvgIpc) is 2.77. The molecule has 0 aromatic carbocycles. The van der Waals surface area contributed by atoms with Crippen LogP contribution in [0.5, 0.6) is 0 Å². The van der Waals surface area contributed by atoms with E-state index in [9.17, 15) is 18.0 Å². The highest BCUT2D eigenvalue weighted by atomic mass is 35.5. The summed E-state index contributed by atoms with van der Waals surface area (Å²) in [5, 5.41) is 10.5. The Hall–Kier alpha value is -1.81. The van der Waals surface area contributed by atoms with Gasteiger partial charge in [-0.2, -0.15) is 13.2 Å². The molecule has 0 saturated carbocycles. The van der Waals surface area contributed by atoms with Gasteiger partial charge in [-0.25, -0.2) is 4.79 Å². The van der Waals surface area contributed by atoms with Crippen LogP contribution in [0.1, 0.15) is 5.01 Å². The molecule has 1 aromatic heterocycles. The fourth-order valence-corrected chi connectivity index (χ4v) is 2.05. The lowest BCUT2D eigenvalue weighted by Gasteiger charge is -2.26. The van der Waals surface area contributed by atoms with Gasteiger partial charge in [-0.05, 0) is 18.4 Å². The van der Waals surface area contributed by atoms with Crippen molar-refractivity contribution in [3.05, 3.63) is 29.4 Å². The highest BCUT2D eigenvalue weighted by molar-refractivity contribution is 7.15. The first-order valence-corrected chi connectivity index (χ1v) is 6.29. The van der Waals surface area contributed by atoms with Crippen LogP contribution in [0, 0.1) is 0 Å². The standard InChI is InChI=1S/C9H7ClF3N5OS/c10-8(3-1-2-4-14-8)16-6(19)15-7-18-17-5(20-7)9(11,12)13/h1-4,14H,(H2,15,16,18,19). The molecule has 3 N–H and O–H groups in total. The summed E-state index contributed by atoms with van der Waals surface area (Å²) < 4.78 is 36.9. The number of rotatable bonds is 2. The van der Waals surface area contributed by atoms with Crippen LogP contribution in [0.2, 0.25) is 0 Å². The summed E-state index contributed by atoms with van der Waals surface area (Å²) >= 11 is 6.19. The second-order valence-corrected chi connectivity index (χ2v) is 5.14. The van der Waals surface area contributed by atoms with E-state index in [-0.39, 0.29) is 16.5 Å². The van der Waals surface area contributed by atoms with Gasteiger partial charge in [-0.15, -0.1) is 10.2 Å². The van der Waals surface area contributed by atoms with Crippen molar-refractivity contribution in [2.24, 2.45) is 0 Å². The monoisotopic (exact) mass is 325 g/mol. The van der Waals surface area contributed by atoms with Crippen LogP contribution >= 0.6 is 22.9 Å². The zero-order valence-electron chi connectivity index (χ0n) is 9.53. The molecule has 0 saturated heterocycles. The molecule has 1 aliphatic rings. The predicted molar refractivity (Wildman–Crippen MR) is 67.1 cm³/mol. The molecule has 20 heavy (non-hydrogen) atoms. The number of nitrogens with one attached hydrogen (secondary N) is 3. The van der Waals surface area contributed by atoms with Gasteiger partial charge in [0, 0.05) is 0 Å². The number of halogens is 4. The number of amides is 2. The Kier molecular flexibility index (Phi) is 3.86. The molecular formula is C9H7ClF3N5OS. The minimum absolute atomic E-state index is 0.214. The Morgan fingerprint density at radius 2 is 2.15 bits per heavy atom. The van der Waals surface area contributed by atoms with Gasteiger partial charge in [0.1, 0.15) is 0 Å². The van der Waals surface area contributed by atoms with E-state index in [1.54, 1.807) is 12.2 Å². The van der Waals surface area contributed by atoms with Crippen LogP contribution in [-0.2, 0) is 6.18 Å². The maximum Gasteiger partial charge on any atom is 0.445 e. The quantitative estimate of drug-likeness (QED) is 0.575. The van der Waals surface area contributed by atoms with E-state index in [0.29, 0.717) is 0 Å². The Labute approximate surface area is 119 Å². The molecule has 11 heteroatoms. The molecule has 108 valence electrons. The van der Waals surface area contributed by atoms with Crippen molar-refractivity contribution in [3.8, 4) is 0 Å². The molecule has 0 aliphatic carbocycles. The van der Waals surface area contributed by atoms with Crippen LogP contribution in [0.25, 0.3) is 0 Å².